The molecule has 2 aliphatic rings. The first-order valence-corrected chi connectivity index (χ1v) is 4.22. The minimum absolute atomic E-state index is 0.613. The maximum Gasteiger partial charge on any atom is 0.163 e. The molecular formula is C7H8N2OS. The highest BCUT2D eigenvalue weighted by molar-refractivity contribution is 8.16. The average molecular weight is 168 g/mol. The Morgan fingerprint density at radius 2 is 2.55 bits per heavy atom. The highest BCUT2D eigenvalue weighted by atomic mass is 32.2. The smallest absolute Gasteiger partial charge is 0.163 e. The normalized spacial score (nSPS) is 23.1. The quantitative estimate of drug-likeness (QED) is 0.583. The molecule has 4 heteroatoms. The first kappa shape index (κ1) is 6.94. The first-order chi connectivity index (χ1) is 5.36. The molecule has 0 unspecified atom stereocenters. The van der Waals surface area contributed by atoms with Gasteiger partial charge in [-0.15, -0.1) is 0 Å². The molecule has 0 amide bonds. The van der Waals surface area contributed by atoms with Crippen molar-refractivity contribution in [3.05, 3.63) is 22.8 Å². The highest BCUT2D eigenvalue weighted by Crippen LogP contribution is 2.25. The van der Waals surface area contributed by atoms with Gasteiger partial charge in [-0.2, -0.15) is 0 Å². The fraction of sp³-hybridized carbons (Fsp3) is 0.286. The van der Waals surface area contributed by atoms with E-state index in [2.05, 4.69) is 4.99 Å². The molecule has 2 aliphatic heterocycles. The highest BCUT2D eigenvalue weighted by Gasteiger charge is 2.13. The summed E-state index contributed by atoms with van der Waals surface area (Å²) < 4.78 is 5.21. The van der Waals surface area contributed by atoms with Gasteiger partial charge in [0.05, 0.1) is 18.9 Å². The van der Waals surface area contributed by atoms with Crippen molar-refractivity contribution in [3.8, 4) is 0 Å². The van der Waals surface area contributed by atoms with Gasteiger partial charge in [-0.1, -0.05) is 11.8 Å². The van der Waals surface area contributed by atoms with Crippen LogP contribution in [0.1, 0.15) is 0 Å². The molecule has 0 radical (unpaired) electrons. The zero-order chi connectivity index (χ0) is 7.68. The molecule has 0 spiro atoms. The molecule has 58 valence electrons. The first-order valence-electron chi connectivity index (χ1n) is 3.34. The van der Waals surface area contributed by atoms with Crippen LogP contribution in [-0.2, 0) is 4.74 Å². The van der Waals surface area contributed by atoms with Gasteiger partial charge in [0.2, 0.25) is 0 Å². The lowest BCUT2D eigenvalue weighted by molar-refractivity contribution is 0.180. The molecule has 0 aromatic carbocycles. The van der Waals surface area contributed by atoms with Crippen molar-refractivity contribution < 1.29 is 4.74 Å². The van der Waals surface area contributed by atoms with Gasteiger partial charge in [-0.05, 0) is 11.5 Å². The minimum Gasteiger partial charge on any atom is -0.378 e. The number of rotatable bonds is 0. The van der Waals surface area contributed by atoms with Crippen molar-refractivity contribution in [3.63, 3.8) is 0 Å². The third kappa shape index (κ3) is 1.32. The van der Waals surface area contributed by atoms with Crippen LogP contribution in [0.15, 0.2) is 27.7 Å². The predicted octanol–water partition coefficient (Wildman–Crippen LogP) is 0.846. The summed E-state index contributed by atoms with van der Waals surface area (Å²) >= 11 is 1.45. The Bertz CT molecular complexity index is 268. The van der Waals surface area contributed by atoms with Crippen LogP contribution in [0.25, 0.3) is 0 Å². The summed E-state index contributed by atoms with van der Waals surface area (Å²) in [4.78, 5) is 4.17. The molecule has 0 atom stereocenters. The van der Waals surface area contributed by atoms with Crippen LogP contribution in [0.2, 0.25) is 0 Å². The molecule has 0 aromatic heterocycles. The molecule has 2 rings (SSSR count). The molecular weight excluding hydrogens is 160 g/mol. The van der Waals surface area contributed by atoms with Gasteiger partial charge in [0.15, 0.2) is 5.17 Å². The van der Waals surface area contributed by atoms with Crippen LogP contribution >= 0.6 is 11.8 Å². The van der Waals surface area contributed by atoms with Gasteiger partial charge in [-0.3, -0.25) is 0 Å². The van der Waals surface area contributed by atoms with E-state index in [-0.39, 0.29) is 0 Å². The molecule has 0 bridgehead atoms. The Hall–Kier alpha value is -0.740. The molecule has 0 saturated carbocycles. The number of nitrogens with two attached hydrogens (primary N) is 1. The summed E-state index contributed by atoms with van der Waals surface area (Å²) in [5, 5.41) is 2.61. The largest absolute Gasteiger partial charge is 0.378 e. The number of amidine groups is 1. The van der Waals surface area contributed by atoms with Gasteiger partial charge in [-0.25, -0.2) is 4.99 Å². The van der Waals surface area contributed by atoms with Crippen molar-refractivity contribution in [2.75, 3.05) is 13.2 Å². The van der Waals surface area contributed by atoms with E-state index in [1.54, 1.807) is 0 Å². The second-order valence-electron chi connectivity index (χ2n) is 2.32. The lowest BCUT2D eigenvalue weighted by atomic mass is 10.2. The Balaban J connectivity index is 2.32. The van der Waals surface area contributed by atoms with Crippen LogP contribution in [-0.4, -0.2) is 18.4 Å². The van der Waals surface area contributed by atoms with E-state index in [4.69, 9.17) is 10.5 Å². The Morgan fingerprint density at radius 1 is 1.64 bits per heavy atom. The summed E-state index contributed by atoms with van der Waals surface area (Å²) in [5.41, 5.74) is 7.64. The Morgan fingerprint density at radius 3 is 3.45 bits per heavy atom. The van der Waals surface area contributed by atoms with Crippen LogP contribution in [0.5, 0.6) is 0 Å². The van der Waals surface area contributed by atoms with Crippen molar-refractivity contribution in [1.29, 1.82) is 0 Å². The fourth-order valence-electron chi connectivity index (χ4n) is 1.00. The summed E-state index contributed by atoms with van der Waals surface area (Å²) in [6, 6.07) is 0. The van der Waals surface area contributed by atoms with Gasteiger partial charge < -0.3 is 10.5 Å². The van der Waals surface area contributed by atoms with E-state index in [0.29, 0.717) is 18.4 Å². The van der Waals surface area contributed by atoms with Gasteiger partial charge in [0.1, 0.15) is 0 Å². The average Bonchev–Trinajstić information content (AvgIpc) is 2.04. The standard InChI is InChI=1S/C7H8N2OS/c8-7-9-6-1-2-10-3-5(6)4-11-7/h1,4H,2-3H2,(H2,8,9). The van der Waals surface area contributed by atoms with Crippen LogP contribution in [0, 0.1) is 0 Å². The molecule has 2 N–H and O–H groups in total. The van der Waals surface area contributed by atoms with Crippen LogP contribution in [0.4, 0.5) is 0 Å². The number of hydrogen-bond donors (Lipinski definition) is 1. The molecule has 0 aliphatic carbocycles. The third-order valence-electron chi connectivity index (χ3n) is 1.53. The second kappa shape index (κ2) is 2.71. The van der Waals surface area contributed by atoms with E-state index in [1.807, 2.05) is 11.5 Å². The summed E-state index contributed by atoms with van der Waals surface area (Å²) in [7, 11) is 0. The number of fused-ring (bicyclic) bond motifs is 1. The van der Waals surface area contributed by atoms with E-state index in [0.717, 1.165) is 11.3 Å². The number of nitrogens with zero attached hydrogens (tertiary/aromatic N) is 1. The van der Waals surface area contributed by atoms with E-state index >= 15 is 0 Å². The lowest BCUT2D eigenvalue weighted by Crippen LogP contribution is -2.15. The molecule has 0 aromatic rings. The van der Waals surface area contributed by atoms with Crippen molar-refractivity contribution in [1.82, 2.24) is 0 Å². The number of ether oxygens (including phenoxy) is 1. The maximum absolute atomic E-state index is 5.53. The lowest BCUT2D eigenvalue weighted by Gasteiger charge is -2.17. The molecule has 3 nitrogen and oxygen atoms in total. The van der Waals surface area contributed by atoms with Crippen molar-refractivity contribution in [2.45, 2.75) is 0 Å². The predicted molar refractivity (Wildman–Crippen MR) is 46.2 cm³/mol. The third-order valence-corrected chi connectivity index (χ3v) is 2.27. The van der Waals surface area contributed by atoms with E-state index < -0.39 is 0 Å². The zero-order valence-electron chi connectivity index (χ0n) is 5.91. The van der Waals surface area contributed by atoms with Crippen molar-refractivity contribution in [2.24, 2.45) is 10.7 Å². The number of thioether (sulfide) groups is 1. The fourth-order valence-corrected chi connectivity index (χ4v) is 1.60. The van der Waals surface area contributed by atoms with Crippen molar-refractivity contribution >= 4 is 16.9 Å². The topological polar surface area (TPSA) is 47.6 Å². The molecule has 0 saturated heterocycles. The van der Waals surface area contributed by atoms with E-state index in [9.17, 15) is 0 Å². The van der Waals surface area contributed by atoms with Gasteiger partial charge in [0.25, 0.3) is 0 Å². The van der Waals surface area contributed by atoms with Crippen LogP contribution in [0.3, 0.4) is 0 Å². The zero-order valence-corrected chi connectivity index (χ0v) is 6.73. The summed E-state index contributed by atoms with van der Waals surface area (Å²) in [5.74, 6) is 0. The molecule has 11 heavy (non-hydrogen) atoms. The summed E-state index contributed by atoms with van der Waals surface area (Å²) in [6.07, 6.45) is 1.95. The maximum atomic E-state index is 5.53. The Labute approximate surface area is 69.0 Å². The minimum atomic E-state index is 0.613. The van der Waals surface area contributed by atoms with Gasteiger partial charge in [0, 0.05) is 5.57 Å². The number of hydrogen-bond acceptors (Lipinski definition) is 4. The Kier molecular flexibility index (Phi) is 1.71. The summed E-state index contributed by atoms with van der Waals surface area (Å²) in [6.45, 7) is 1.31. The number of aliphatic imine (C=N–C) groups is 1. The van der Waals surface area contributed by atoms with Gasteiger partial charge >= 0.3 is 0 Å². The monoisotopic (exact) mass is 168 g/mol. The van der Waals surface area contributed by atoms with E-state index in [1.165, 1.54) is 11.8 Å². The molecule has 0 fully saturated rings. The van der Waals surface area contributed by atoms with Crippen LogP contribution < -0.4 is 5.73 Å². The second-order valence-corrected chi connectivity index (χ2v) is 3.21. The SMILES string of the molecule is NC1=NC2=CCOCC2=CS1. The molecule has 2 heterocycles.